The van der Waals surface area contributed by atoms with Gasteiger partial charge < -0.3 is 0 Å². The van der Waals surface area contributed by atoms with Crippen molar-refractivity contribution in [2.45, 2.75) is 43.1 Å². The number of hydrogen-bond donors (Lipinski definition) is 2. The van der Waals surface area contributed by atoms with E-state index in [0.717, 1.165) is 5.56 Å². The Morgan fingerprint density at radius 3 is 1.86 bits per heavy atom. The molecular weight excluding hydrogens is 454 g/mol. The van der Waals surface area contributed by atoms with Gasteiger partial charge in [-0.25, -0.2) is 8.42 Å². The quantitative estimate of drug-likeness (QED) is 0.541. The summed E-state index contributed by atoms with van der Waals surface area (Å²) in [5.41, 5.74) is 1.56. The minimum atomic E-state index is -4.90. The normalized spacial score (nSPS) is 14.8. The van der Waals surface area contributed by atoms with Crippen LogP contribution in [0.2, 0.25) is 10.0 Å². The Labute approximate surface area is 177 Å². The first kappa shape index (κ1) is 23.3. The zero-order valence-corrected chi connectivity index (χ0v) is 18.3. The van der Waals surface area contributed by atoms with Crippen molar-refractivity contribution in [2.24, 2.45) is 0 Å². The van der Waals surface area contributed by atoms with Crippen LogP contribution in [0.1, 0.15) is 27.5 Å². The van der Waals surface area contributed by atoms with Gasteiger partial charge in [-0.05, 0) is 55.7 Å². The molecule has 28 heavy (non-hydrogen) atoms. The number of halogens is 5. The first-order chi connectivity index (χ1) is 12.7. The maximum Gasteiger partial charge on any atom is 0.406 e. The summed E-state index contributed by atoms with van der Waals surface area (Å²) in [5.74, 6) is 0. The highest BCUT2D eigenvalue weighted by Crippen LogP contribution is 2.37. The van der Waals surface area contributed by atoms with E-state index in [1.165, 1.54) is 32.0 Å². The van der Waals surface area contributed by atoms with E-state index in [4.69, 9.17) is 23.2 Å². The largest absolute Gasteiger partial charge is 0.406 e. The molecule has 0 aliphatic carbocycles. The van der Waals surface area contributed by atoms with Crippen molar-refractivity contribution in [1.29, 1.82) is 0 Å². The third kappa shape index (κ3) is 5.36. The van der Waals surface area contributed by atoms with E-state index in [9.17, 15) is 21.6 Å². The van der Waals surface area contributed by atoms with E-state index in [1.807, 2.05) is 0 Å². The van der Waals surface area contributed by atoms with Gasteiger partial charge in [-0.1, -0.05) is 40.9 Å². The van der Waals surface area contributed by atoms with E-state index < -0.39 is 27.5 Å². The number of sulfonamides is 1. The standard InChI is InChI=1S/C18H18Cl2F3NO2S2/c1-9-4-10(2)16(11(3)5-9)28(25,26)24-17(18(21,22)23)15(27)12-6-13(19)8-14(20)7-12/h4-8,15,17,24,27H,1-3H3. The number of benzene rings is 2. The highest BCUT2D eigenvalue weighted by atomic mass is 35.5. The summed E-state index contributed by atoms with van der Waals surface area (Å²) in [6, 6.07) is 4.59. The van der Waals surface area contributed by atoms with E-state index in [1.54, 1.807) is 23.8 Å². The molecule has 0 saturated carbocycles. The van der Waals surface area contributed by atoms with Crippen LogP contribution >= 0.6 is 35.8 Å². The lowest BCUT2D eigenvalue weighted by Gasteiger charge is -2.27. The van der Waals surface area contributed by atoms with Crippen LogP contribution in [0.15, 0.2) is 35.2 Å². The maximum atomic E-state index is 13.7. The molecular formula is C18H18Cl2F3NO2S2. The molecule has 0 saturated heterocycles. The third-order valence-corrected chi connectivity index (χ3v) is 6.83. The molecule has 2 aromatic rings. The highest BCUT2D eigenvalue weighted by molar-refractivity contribution is 7.89. The van der Waals surface area contributed by atoms with Gasteiger partial charge in [-0.15, -0.1) is 0 Å². The van der Waals surface area contributed by atoms with Crippen molar-refractivity contribution >= 4 is 45.9 Å². The summed E-state index contributed by atoms with van der Waals surface area (Å²) in [5, 5.41) is -1.32. The maximum absolute atomic E-state index is 13.7. The lowest BCUT2D eigenvalue weighted by molar-refractivity contribution is -0.151. The number of rotatable bonds is 5. The molecule has 0 radical (unpaired) electrons. The summed E-state index contributed by atoms with van der Waals surface area (Å²) in [6.45, 7) is 4.84. The van der Waals surface area contributed by atoms with Crippen molar-refractivity contribution in [3.05, 3.63) is 62.6 Å². The zero-order chi connectivity index (χ0) is 21.4. The van der Waals surface area contributed by atoms with Gasteiger partial charge >= 0.3 is 6.18 Å². The number of thiol groups is 1. The first-order valence-electron chi connectivity index (χ1n) is 8.03. The summed E-state index contributed by atoms with van der Waals surface area (Å²) in [6.07, 6.45) is -4.90. The Kier molecular flexibility index (Phi) is 7.04. The van der Waals surface area contributed by atoms with Crippen molar-refractivity contribution < 1.29 is 21.6 Å². The average Bonchev–Trinajstić information content (AvgIpc) is 2.48. The molecule has 2 rings (SSSR count). The minimum Gasteiger partial charge on any atom is -0.207 e. The molecule has 2 aromatic carbocycles. The van der Waals surface area contributed by atoms with Gasteiger partial charge in [-0.2, -0.15) is 30.5 Å². The topological polar surface area (TPSA) is 46.2 Å². The monoisotopic (exact) mass is 471 g/mol. The Hall–Kier alpha value is -0.930. The van der Waals surface area contributed by atoms with Crippen molar-refractivity contribution in [2.75, 3.05) is 0 Å². The first-order valence-corrected chi connectivity index (χ1v) is 10.8. The molecule has 10 heteroatoms. The Morgan fingerprint density at radius 1 is 0.964 bits per heavy atom. The van der Waals surface area contributed by atoms with Crippen LogP contribution in [-0.2, 0) is 10.0 Å². The van der Waals surface area contributed by atoms with Crippen LogP contribution in [0.5, 0.6) is 0 Å². The predicted molar refractivity (Wildman–Crippen MR) is 109 cm³/mol. The van der Waals surface area contributed by atoms with Crippen molar-refractivity contribution in [1.82, 2.24) is 4.72 Å². The number of aryl methyl sites for hydroxylation is 3. The fourth-order valence-corrected chi connectivity index (χ4v) is 5.79. The van der Waals surface area contributed by atoms with Gasteiger partial charge in [0.05, 0.1) is 10.1 Å². The smallest absolute Gasteiger partial charge is 0.207 e. The molecule has 0 aliphatic heterocycles. The Morgan fingerprint density at radius 2 is 1.43 bits per heavy atom. The second-order valence-electron chi connectivity index (χ2n) is 6.52. The van der Waals surface area contributed by atoms with Crippen LogP contribution < -0.4 is 4.72 Å². The molecule has 2 unspecified atom stereocenters. The zero-order valence-electron chi connectivity index (χ0n) is 15.1. The fourth-order valence-electron chi connectivity index (χ4n) is 3.07. The molecule has 3 nitrogen and oxygen atoms in total. The van der Waals surface area contributed by atoms with Crippen LogP contribution in [0, 0.1) is 20.8 Å². The predicted octanol–water partition coefficient (Wildman–Crippen LogP) is 5.80. The van der Waals surface area contributed by atoms with Gasteiger partial charge in [0.2, 0.25) is 10.0 Å². The molecule has 0 bridgehead atoms. The fraction of sp³-hybridized carbons (Fsp3) is 0.333. The molecule has 2 atom stereocenters. The van der Waals surface area contributed by atoms with Crippen LogP contribution in [0.4, 0.5) is 13.2 Å². The van der Waals surface area contributed by atoms with Crippen molar-refractivity contribution in [3.63, 3.8) is 0 Å². The van der Waals surface area contributed by atoms with E-state index in [-0.39, 0.29) is 20.5 Å². The molecule has 0 spiro atoms. The Bertz CT molecular complexity index is 952. The summed E-state index contributed by atoms with van der Waals surface area (Å²) in [7, 11) is -4.48. The van der Waals surface area contributed by atoms with Gasteiger partial charge in [0, 0.05) is 10.0 Å². The minimum absolute atomic E-state index is 0.0446. The molecule has 0 amide bonds. The lowest BCUT2D eigenvalue weighted by Crippen LogP contribution is -2.48. The SMILES string of the molecule is Cc1cc(C)c(S(=O)(=O)NC(C(S)c2cc(Cl)cc(Cl)c2)C(F)(F)F)c(C)c1. The number of alkyl halides is 3. The van der Waals surface area contributed by atoms with Crippen LogP contribution in [0.3, 0.4) is 0 Å². The molecule has 0 aromatic heterocycles. The van der Waals surface area contributed by atoms with E-state index in [2.05, 4.69) is 12.6 Å². The molecule has 154 valence electrons. The summed E-state index contributed by atoms with van der Waals surface area (Å²) in [4.78, 5) is -0.183. The van der Waals surface area contributed by atoms with Gasteiger partial charge in [0.1, 0.15) is 6.04 Å². The second kappa shape index (κ2) is 8.44. The molecule has 0 aliphatic rings. The van der Waals surface area contributed by atoms with Gasteiger partial charge in [0.15, 0.2) is 0 Å². The van der Waals surface area contributed by atoms with Gasteiger partial charge in [-0.3, -0.25) is 0 Å². The third-order valence-electron chi connectivity index (χ3n) is 4.05. The van der Waals surface area contributed by atoms with Crippen LogP contribution in [-0.4, -0.2) is 20.6 Å². The second-order valence-corrected chi connectivity index (χ2v) is 9.60. The summed E-state index contributed by atoms with van der Waals surface area (Å²) >= 11 is 15.8. The van der Waals surface area contributed by atoms with Gasteiger partial charge in [0.25, 0.3) is 0 Å². The molecule has 0 fully saturated rings. The van der Waals surface area contributed by atoms with E-state index in [0.29, 0.717) is 11.1 Å². The lowest BCUT2D eigenvalue weighted by atomic mass is 10.1. The molecule has 0 heterocycles. The average molecular weight is 472 g/mol. The summed E-state index contributed by atoms with van der Waals surface area (Å²) < 4.78 is 68.6. The number of hydrogen-bond acceptors (Lipinski definition) is 3. The molecule has 1 N–H and O–H groups in total. The Balaban J connectivity index is 2.50. The van der Waals surface area contributed by atoms with Crippen LogP contribution in [0.25, 0.3) is 0 Å². The number of nitrogens with one attached hydrogen (secondary N) is 1. The van der Waals surface area contributed by atoms with E-state index >= 15 is 0 Å². The van der Waals surface area contributed by atoms with Crippen molar-refractivity contribution in [3.8, 4) is 0 Å². The highest BCUT2D eigenvalue weighted by Gasteiger charge is 2.47.